The second-order valence-corrected chi connectivity index (χ2v) is 6.61. The molecule has 0 saturated carbocycles. The van der Waals surface area contributed by atoms with E-state index in [9.17, 15) is 9.18 Å². The van der Waals surface area contributed by atoms with Crippen molar-refractivity contribution in [3.8, 4) is 5.75 Å². The predicted molar refractivity (Wildman–Crippen MR) is 106 cm³/mol. The van der Waals surface area contributed by atoms with Crippen LogP contribution in [0, 0.1) is 12.7 Å². The molecule has 0 aliphatic rings. The fourth-order valence-corrected chi connectivity index (χ4v) is 3.11. The zero-order valence-corrected chi connectivity index (χ0v) is 16.2. The first-order valence-corrected chi connectivity index (χ1v) is 9.03. The number of hydrogen-bond acceptors (Lipinski definition) is 5. The van der Waals surface area contributed by atoms with Gasteiger partial charge in [-0.2, -0.15) is 0 Å². The number of nitrogens with zero attached hydrogens (tertiary/aromatic N) is 2. The monoisotopic (exact) mass is 382 g/mol. The van der Waals surface area contributed by atoms with E-state index in [0.29, 0.717) is 36.7 Å². The Hall–Kier alpha value is -2.99. The summed E-state index contributed by atoms with van der Waals surface area (Å²) in [6.07, 6.45) is 0. The van der Waals surface area contributed by atoms with Gasteiger partial charge in [0.25, 0.3) is 0 Å². The standard InChI is InChI=1S/C22H23FN2O3/c1-15-18-6-4-5-7-19(18)24-20(21(15)22(26)27-3)14-25(2)12-13-28-17-10-8-16(23)9-11-17/h4-11H,12-14H2,1-3H3. The van der Waals surface area contributed by atoms with Crippen molar-refractivity contribution >= 4 is 16.9 Å². The highest BCUT2D eigenvalue weighted by atomic mass is 19.1. The topological polar surface area (TPSA) is 51.7 Å². The van der Waals surface area contributed by atoms with Crippen LogP contribution in [0.2, 0.25) is 0 Å². The zero-order chi connectivity index (χ0) is 20.1. The third-order valence-corrected chi connectivity index (χ3v) is 4.59. The van der Waals surface area contributed by atoms with E-state index in [1.54, 1.807) is 12.1 Å². The van der Waals surface area contributed by atoms with Crippen LogP contribution in [-0.4, -0.2) is 43.2 Å². The SMILES string of the molecule is COC(=O)c1c(CN(C)CCOc2ccc(F)cc2)nc2ccccc2c1C. The Kier molecular flexibility index (Phi) is 6.21. The van der Waals surface area contributed by atoms with E-state index < -0.39 is 0 Å². The van der Waals surface area contributed by atoms with Crippen LogP contribution < -0.4 is 4.74 Å². The van der Waals surface area contributed by atoms with Crippen LogP contribution in [0.5, 0.6) is 5.75 Å². The van der Waals surface area contributed by atoms with Crippen molar-refractivity contribution in [2.24, 2.45) is 0 Å². The minimum absolute atomic E-state index is 0.294. The Morgan fingerprint density at radius 2 is 1.86 bits per heavy atom. The Balaban J connectivity index is 1.74. The fraction of sp³-hybridized carbons (Fsp3) is 0.273. The molecule has 3 aromatic rings. The van der Waals surface area contributed by atoms with Crippen LogP contribution in [0.1, 0.15) is 21.6 Å². The van der Waals surface area contributed by atoms with Gasteiger partial charge in [-0.15, -0.1) is 0 Å². The van der Waals surface area contributed by atoms with Crippen molar-refractivity contribution < 1.29 is 18.7 Å². The lowest BCUT2D eigenvalue weighted by atomic mass is 10.0. The molecule has 146 valence electrons. The summed E-state index contributed by atoms with van der Waals surface area (Å²) >= 11 is 0. The van der Waals surface area contributed by atoms with E-state index >= 15 is 0 Å². The Morgan fingerprint density at radius 1 is 1.14 bits per heavy atom. The van der Waals surface area contributed by atoms with Gasteiger partial charge in [-0.3, -0.25) is 9.88 Å². The first-order chi connectivity index (χ1) is 13.5. The number of likely N-dealkylation sites (N-methyl/N-ethyl adjacent to an activating group) is 1. The van der Waals surface area contributed by atoms with Gasteiger partial charge in [0.2, 0.25) is 0 Å². The van der Waals surface area contributed by atoms with Crippen LogP contribution in [0.25, 0.3) is 10.9 Å². The number of esters is 1. The minimum Gasteiger partial charge on any atom is -0.492 e. The molecule has 1 heterocycles. The zero-order valence-electron chi connectivity index (χ0n) is 16.2. The minimum atomic E-state index is -0.387. The van der Waals surface area contributed by atoms with Gasteiger partial charge in [-0.25, -0.2) is 9.18 Å². The number of ether oxygens (including phenoxy) is 2. The number of aromatic nitrogens is 1. The van der Waals surface area contributed by atoms with Crippen LogP contribution in [0.4, 0.5) is 4.39 Å². The van der Waals surface area contributed by atoms with E-state index in [2.05, 4.69) is 0 Å². The lowest BCUT2D eigenvalue weighted by molar-refractivity contribution is 0.0597. The molecule has 0 unspecified atom stereocenters. The molecule has 3 rings (SSSR count). The van der Waals surface area contributed by atoms with Gasteiger partial charge in [-0.05, 0) is 49.9 Å². The van der Waals surface area contributed by atoms with Gasteiger partial charge in [0.1, 0.15) is 18.2 Å². The molecular formula is C22H23FN2O3. The number of halogens is 1. The lowest BCUT2D eigenvalue weighted by Gasteiger charge is -2.19. The highest BCUT2D eigenvalue weighted by Crippen LogP contribution is 2.24. The summed E-state index contributed by atoms with van der Waals surface area (Å²) in [6, 6.07) is 13.7. The number of benzene rings is 2. The van der Waals surface area contributed by atoms with Gasteiger partial charge in [0.15, 0.2) is 0 Å². The van der Waals surface area contributed by atoms with Crippen molar-refractivity contribution in [2.45, 2.75) is 13.5 Å². The molecule has 0 aliphatic heterocycles. The van der Waals surface area contributed by atoms with Gasteiger partial charge in [-0.1, -0.05) is 18.2 Å². The number of carbonyl (C=O) groups is 1. The molecule has 0 amide bonds. The van der Waals surface area contributed by atoms with Crippen molar-refractivity contribution in [3.63, 3.8) is 0 Å². The summed E-state index contributed by atoms with van der Waals surface area (Å²) < 4.78 is 23.6. The number of aryl methyl sites for hydroxylation is 1. The van der Waals surface area contributed by atoms with Crippen molar-refractivity contribution in [3.05, 3.63) is 71.2 Å². The summed E-state index contributed by atoms with van der Waals surface area (Å²) in [4.78, 5) is 19.1. The Bertz CT molecular complexity index is 973. The summed E-state index contributed by atoms with van der Waals surface area (Å²) in [7, 11) is 3.31. The summed E-state index contributed by atoms with van der Waals surface area (Å²) in [5.41, 5.74) is 2.89. The van der Waals surface area contributed by atoms with Gasteiger partial charge in [0.05, 0.1) is 23.9 Å². The molecule has 0 fully saturated rings. The quantitative estimate of drug-likeness (QED) is 0.579. The van der Waals surface area contributed by atoms with E-state index in [-0.39, 0.29) is 11.8 Å². The highest BCUT2D eigenvalue weighted by molar-refractivity contribution is 5.98. The lowest BCUT2D eigenvalue weighted by Crippen LogP contribution is -2.26. The number of pyridine rings is 1. The van der Waals surface area contributed by atoms with Crippen LogP contribution in [0.15, 0.2) is 48.5 Å². The van der Waals surface area contributed by atoms with Crippen LogP contribution >= 0.6 is 0 Å². The van der Waals surface area contributed by atoms with Crippen molar-refractivity contribution in [2.75, 3.05) is 27.3 Å². The first kappa shape index (κ1) is 19.8. The summed E-state index contributed by atoms with van der Waals surface area (Å²) in [5.74, 6) is -0.0657. The number of rotatable bonds is 7. The maximum atomic E-state index is 12.9. The smallest absolute Gasteiger partial charge is 0.340 e. The first-order valence-electron chi connectivity index (χ1n) is 9.03. The molecule has 0 atom stereocenters. The molecule has 2 aromatic carbocycles. The maximum Gasteiger partial charge on any atom is 0.340 e. The molecule has 0 bridgehead atoms. The molecule has 5 nitrogen and oxygen atoms in total. The second-order valence-electron chi connectivity index (χ2n) is 6.61. The summed E-state index contributed by atoms with van der Waals surface area (Å²) in [6.45, 7) is 3.44. The normalized spacial score (nSPS) is 11.0. The molecule has 0 N–H and O–H groups in total. The molecule has 6 heteroatoms. The predicted octanol–water partition coefficient (Wildman–Crippen LogP) is 3.98. The van der Waals surface area contributed by atoms with E-state index in [1.165, 1.54) is 19.2 Å². The number of hydrogen-bond donors (Lipinski definition) is 0. The Morgan fingerprint density at radius 3 is 2.57 bits per heavy atom. The fourth-order valence-electron chi connectivity index (χ4n) is 3.11. The molecule has 1 aromatic heterocycles. The van der Waals surface area contributed by atoms with E-state index in [1.807, 2.05) is 43.1 Å². The van der Waals surface area contributed by atoms with Gasteiger partial charge in [0, 0.05) is 18.5 Å². The van der Waals surface area contributed by atoms with Crippen LogP contribution in [0.3, 0.4) is 0 Å². The Labute approximate surface area is 163 Å². The number of methoxy groups -OCH3 is 1. The number of carbonyl (C=O) groups excluding carboxylic acids is 1. The molecule has 0 aliphatic carbocycles. The van der Waals surface area contributed by atoms with Gasteiger partial charge >= 0.3 is 5.97 Å². The molecule has 28 heavy (non-hydrogen) atoms. The van der Waals surface area contributed by atoms with E-state index in [0.717, 1.165) is 16.5 Å². The van der Waals surface area contributed by atoms with Crippen molar-refractivity contribution in [1.82, 2.24) is 9.88 Å². The molecule has 0 radical (unpaired) electrons. The number of fused-ring (bicyclic) bond motifs is 1. The maximum absolute atomic E-state index is 12.9. The molecule has 0 saturated heterocycles. The molecule has 0 spiro atoms. The third-order valence-electron chi connectivity index (χ3n) is 4.59. The third kappa shape index (κ3) is 4.46. The average molecular weight is 382 g/mol. The number of para-hydroxylation sites is 1. The largest absolute Gasteiger partial charge is 0.492 e. The average Bonchev–Trinajstić information content (AvgIpc) is 2.69. The van der Waals surface area contributed by atoms with Crippen molar-refractivity contribution in [1.29, 1.82) is 0 Å². The van der Waals surface area contributed by atoms with Gasteiger partial charge < -0.3 is 9.47 Å². The highest BCUT2D eigenvalue weighted by Gasteiger charge is 2.20. The van der Waals surface area contributed by atoms with E-state index in [4.69, 9.17) is 14.5 Å². The summed E-state index contributed by atoms with van der Waals surface area (Å²) in [5, 5.41) is 0.939. The molecular weight excluding hydrogens is 359 g/mol. The van der Waals surface area contributed by atoms with Crippen LogP contribution in [-0.2, 0) is 11.3 Å². The second kappa shape index (κ2) is 8.80.